The van der Waals surface area contributed by atoms with E-state index in [-0.39, 0.29) is 17.7 Å². The van der Waals surface area contributed by atoms with Crippen LogP contribution in [-0.2, 0) is 4.74 Å². The molecular weight excluding hydrogens is 248 g/mol. The minimum atomic E-state index is -0.993. The summed E-state index contributed by atoms with van der Waals surface area (Å²) in [4.78, 5) is 17.7. The number of carbonyl (C=O) groups is 1. The minimum absolute atomic E-state index is 0.174. The summed E-state index contributed by atoms with van der Waals surface area (Å²) in [6.07, 6.45) is 4.43. The van der Waals surface area contributed by atoms with Crippen molar-refractivity contribution >= 4 is 17.4 Å². The molecule has 19 heavy (non-hydrogen) atoms. The molecule has 2 aliphatic heterocycles. The van der Waals surface area contributed by atoms with E-state index in [0.717, 1.165) is 6.42 Å². The maximum atomic E-state index is 11.5. The number of carboxylic acids is 1. The van der Waals surface area contributed by atoms with Crippen LogP contribution >= 0.6 is 0 Å². The van der Waals surface area contributed by atoms with Crippen LogP contribution in [0.1, 0.15) is 16.8 Å². The van der Waals surface area contributed by atoms with E-state index in [1.807, 2.05) is 4.90 Å². The summed E-state index contributed by atoms with van der Waals surface area (Å²) in [6, 6.07) is 1.96. The molecule has 2 aliphatic rings. The Kier molecular flexibility index (Phi) is 2.08. The zero-order chi connectivity index (χ0) is 13.0. The molecule has 0 saturated carbocycles. The highest BCUT2D eigenvalue weighted by Crippen LogP contribution is 2.34. The lowest BCUT2D eigenvalue weighted by Crippen LogP contribution is -2.38. The van der Waals surface area contributed by atoms with E-state index in [1.54, 1.807) is 18.5 Å². The second-order valence-corrected chi connectivity index (χ2v) is 4.89. The Bertz CT molecular complexity index is 668. The summed E-state index contributed by atoms with van der Waals surface area (Å²) in [5, 5.41) is 13.8. The molecule has 1 N–H and O–H groups in total. The Labute approximate surface area is 108 Å². The molecule has 4 rings (SSSR count). The number of anilines is 1. The van der Waals surface area contributed by atoms with Gasteiger partial charge in [0.25, 0.3) is 0 Å². The van der Waals surface area contributed by atoms with Gasteiger partial charge in [-0.3, -0.25) is 0 Å². The molecule has 0 aliphatic carbocycles. The van der Waals surface area contributed by atoms with Crippen molar-refractivity contribution in [2.24, 2.45) is 0 Å². The minimum Gasteiger partial charge on any atom is -0.477 e. The van der Waals surface area contributed by atoms with Gasteiger partial charge in [-0.1, -0.05) is 0 Å². The van der Waals surface area contributed by atoms with E-state index in [9.17, 15) is 9.90 Å². The van der Waals surface area contributed by atoms with E-state index >= 15 is 0 Å². The van der Waals surface area contributed by atoms with Crippen molar-refractivity contribution < 1.29 is 14.6 Å². The Morgan fingerprint density at radius 3 is 3.11 bits per heavy atom. The second kappa shape index (κ2) is 3.67. The summed E-state index contributed by atoms with van der Waals surface area (Å²) in [7, 11) is 0. The number of hydrogen-bond acceptors (Lipinski definition) is 5. The van der Waals surface area contributed by atoms with Gasteiger partial charge in [0.05, 0.1) is 18.8 Å². The van der Waals surface area contributed by atoms with Crippen LogP contribution in [0.2, 0.25) is 0 Å². The monoisotopic (exact) mass is 260 g/mol. The first-order valence-corrected chi connectivity index (χ1v) is 6.19. The number of aromatic nitrogens is 3. The van der Waals surface area contributed by atoms with Crippen molar-refractivity contribution in [1.82, 2.24) is 14.6 Å². The highest BCUT2D eigenvalue weighted by Gasteiger charge is 2.42. The van der Waals surface area contributed by atoms with Crippen molar-refractivity contribution in [3.8, 4) is 0 Å². The topological polar surface area (TPSA) is 80.0 Å². The second-order valence-electron chi connectivity index (χ2n) is 4.89. The maximum Gasteiger partial charge on any atom is 0.343 e. The third-order valence-electron chi connectivity index (χ3n) is 3.76. The van der Waals surface area contributed by atoms with Gasteiger partial charge >= 0.3 is 5.97 Å². The molecule has 2 fully saturated rings. The number of ether oxygens (including phenoxy) is 1. The molecule has 2 saturated heterocycles. The predicted octanol–water partition coefficient (Wildman–Crippen LogP) is 0.405. The van der Waals surface area contributed by atoms with Gasteiger partial charge in [-0.25, -0.2) is 14.3 Å². The normalized spacial score (nSPS) is 25.4. The van der Waals surface area contributed by atoms with Gasteiger partial charge in [-0.15, -0.1) is 5.10 Å². The van der Waals surface area contributed by atoms with Gasteiger partial charge < -0.3 is 14.7 Å². The summed E-state index contributed by atoms with van der Waals surface area (Å²) in [5.41, 5.74) is 0.557. The summed E-state index contributed by atoms with van der Waals surface area (Å²) >= 11 is 0. The highest BCUT2D eigenvalue weighted by atomic mass is 16.5. The fourth-order valence-electron chi connectivity index (χ4n) is 2.93. The lowest BCUT2D eigenvalue weighted by atomic mass is 10.2. The van der Waals surface area contributed by atoms with Crippen molar-refractivity contribution in [1.29, 1.82) is 0 Å². The molecule has 2 aromatic heterocycles. The molecular formula is C12H12N4O3. The van der Waals surface area contributed by atoms with Crippen LogP contribution in [0.15, 0.2) is 18.5 Å². The van der Waals surface area contributed by atoms with E-state index in [2.05, 4.69) is 10.1 Å². The molecule has 4 heterocycles. The number of aromatic carboxylic acids is 1. The summed E-state index contributed by atoms with van der Waals surface area (Å²) in [5.74, 6) is -0.491. The lowest BCUT2D eigenvalue weighted by Gasteiger charge is -2.26. The molecule has 2 bridgehead atoms. The van der Waals surface area contributed by atoms with Gasteiger partial charge in [-0.2, -0.15) is 0 Å². The molecule has 2 atom stereocenters. The fraction of sp³-hybridized carbons (Fsp3) is 0.417. The van der Waals surface area contributed by atoms with Gasteiger partial charge in [0.15, 0.2) is 11.5 Å². The number of carboxylic acid groups (broad SMARTS) is 1. The molecule has 98 valence electrons. The third kappa shape index (κ3) is 1.45. The van der Waals surface area contributed by atoms with Crippen LogP contribution in [0, 0.1) is 0 Å². The molecule has 0 spiro atoms. The van der Waals surface area contributed by atoms with E-state index in [0.29, 0.717) is 24.6 Å². The number of hydrogen-bond donors (Lipinski definition) is 1. The quantitative estimate of drug-likeness (QED) is 0.842. The van der Waals surface area contributed by atoms with Crippen LogP contribution in [0.5, 0.6) is 0 Å². The van der Waals surface area contributed by atoms with Crippen LogP contribution in [0.25, 0.3) is 5.65 Å². The smallest absolute Gasteiger partial charge is 0.343 e. The van der Waals surface area contributed by atoms with Crippen LogP contribution < -0.4 is 4.90 Å². The van der Waals surface area contributed by atoms with Crippen LogP contribution in [-0.4, -0.2) is 51.0 Å². The maximum absolute atomic E-state index is 11.5. The number of rotatable bonds is 2. The Morgan fingerprint density at radius 1 is 1.53 bits per heavy atom. The Balaban J connectivity index is 1.89. The SMILES string of the molecule is O=C(O)c1c(N2C[C@H]3C[C@@H]2CO3)nn2cccnc12. The lowest BCUT2D eigenvalue weighted by molar-refractivity contribution is 0.0697. The Morgan fingerprint density at radius 2 is 2.42 bits per heavy atom. The first-order chi connectivity index (χ1) is 9.24. The summed E-state index contributed by atoms with van der Waals surface area (Å²) in [6.45, 7) is 1.35. The van der Waals surface area contributed by atoms with Crippen molar-refractivity contribution in [2.45, 2.75) is 18.6 Å². The van der Waals surface area contributed by atoms with Crippen molar-refractivity contribution in [3.05, 3.63) is 24.0 Å². The summed E-state index contributed by atoms with van der Waals surface area (Å²) < 4.78 is 7.06. The van der Waals surface area contributed by atoms with Crippen molar-refractivity contribution in [3.63, 3.8) is 0 Å². The molecule has 7 nitrogen and oxygen atoms in total. The average molecular weight is 260 g/mol. The molecule has 0 unspecified atom stereocenters. The van der Waals surface area contributed by atoms with Gasteiger partial charge in [-0.05, 0) is 12.5 Å². The van der Waals surface area contributed by atoms with Crippen LogP contribution in [0.4, 0.5) is 5.82 Å². The highest BCUT2D eigenvalue weighted by molar-refractivity contribution is 6.00. The zero-order valence-electron chi connectivity index (χ0n) is 10.1. The van der Waals surface area contributed by atoms with E-state index in [1.165, 1.54) is 4.52 Å². The number of nitrogens with zero attached hydrogens (tertiary/aromatic N) is 4. The van der Waals surface area contributed by atoms with Gasteiger partial charge in [0, 0.05) is 18.9 Å². The molecule has 0 amide bonds. The molecule has 0 radical (unpaired) electrons. The number of morpholine rings is 1. The van der Waals surface area contributed by atoms with E-state index < -0.39 is 5.97 Å². The number of fused-ring (bicyclic) bond motifs is 3. The predicted molar refractivity (Wildman–Crippen MR) is 65.4 cm³/mol. The average Bonchev–Trinajstić information content (AvgIpc) is 3.10. The van der Waals surface area contributed by atoms with Gasteiger partial charge in [0.1, 0.15) is 5.56 Å². The van der Waals surface area contributed by atoms with Gasteiger partial charge in [0.2, 0.25) is 0 Å². The standard InChI is InChI=1S/C12H12N4O3/c17-12(18)9-10-13-2-1-3-16(10)14-11(9)15-5-8-4-7(15)6-19-8/h1-3,7-8H,4-6H2,(H,17,18)/t7-,8-/m1/s1. The first kappa shape index (κ1) is 10.7. The fourth-order valence-corrected chi connectivity index (χ4v) is 2.93. The zero-order valence-corrected chi connectivity index (χ0v) is 10.1. The largest absolute Gasteiger partial charge is 0.477 e. The Hall–Kier alpha value is -2.15. The van der Waals surface area contributed by atoms with Crippen LogP contribution in [0.3, 0.4) is 0 Å². The first-order valence-electron chi connectivity index (χ1n) is 6.19. The van der Waals surface area contributed by atoms with Crippen molar-refractivity contribution in [2.75, 3.05) is 18.1 Å². The molecule has 0 aromatic carbocycles. The third-order valence-corrected chi connectivity index (χ3v) is 3.76. The molecule has 2 aromatic rings. The van der Waals surface area contributed by atoms with E-state index in [4.69, 9.17) is 4.74 Å². The molecule has 7 heteroatoms.